The first-order valence-corrected chi connectivity index (χ1v) is 8.83. The molecule has 1 rings (SSSR count). The molecule has 0 atom stereocenters. The Hall–Kier alpha value is -0.730. The molecule has 0 heterocycles. The van der Waals surface area contributed by atoms with Gasteiger partial charge >= 0.3 is 6.03 Å². The summed E-state index contributed by atoms with van der Waals surface area (Å²) in [6, 6.07) is 0.589. The van der Waals surface area contributed by atoms with Gasteiger partial charge in [-0.1, -0.05) is 58.8 Å². The average Bonchev–Trinajstić information content (AvgIpc) is 2.41. The Balaban J connectivity index is 2.40. The van der Waals surface area contributed by atoms with Crippen molar-refractivity contribution in [2.45, 2.75) is 90.5 Å². The molecule has 1 aliphatic rings. The minimum absolute atomic E-state index is 0.178. The number of carbonyl (C=O) groups is 1. The quantitative estimate of drug-likeness (QED) is 0.720. The predicted molar refractivity (Wildman–Crippen MR) is 86.0 cm³/mol. The maximum atomic E-state index is 12.4. The Morgan fingerprint density at radius 1 is 0.950 bits per heavy atom. The third-order valence-electron chi connectivity index (χ3n) is 4.28. The maximum Gasteiger partial charge on any atom is 0.317 e. The second-order valence-corrected chi connectivity index (χ2v) is 6.19. The minimum atomic E-state index is 0.178. The molecular formula is C17H34N2O. The SMILES string of the molecule is CCCCN(CCCC)C(=O)NC1CCCCCCC1. The third kappa shape index (κ3) is 7.16. The smallest absolute Gasteiger partial charge is 0.317 e. The Morgan fingerprint density at radius 2 is 1.45 bits per heavy atom. The molecular weight excluding hydrogens is 248 g/mol. The van der Waals surface area contributed by atoms with Crippen LogP contribution in [-0.2, 0) is 0 Å². The van der Waals surface area contributed by atoms with Crippen LogP contribution in [0.5, 0.6) is 0 Å². The van der Waals surface area contributed by atoms with E-state index in [2.05, 4.69) is 19.2 Å². The first-order valence-electron chi connectivity index (χ1n) is 8.83. The third-order valence-corrected chi connectivity index (χ3v) is 4.28. The van der Waals surface area contributed by atoms with E-state index in [9.17, 15) is 4.79 Å². The van der Waals surface area contributed by atoms with Crippen molar-refractivity contribution >= 4 is 6.03 Å². The Kier molecular flexibility index (Phi) is 9.52. The molecule has 20 heavy (non-hydrogen) atoms. The van der Waals surface area contributed by atoms with Crippen LogP contribution >= 0.6 is 0 Å². The Labute approximate surface area is 125 Å². The number of hydrogen-bond acceptors (Lipinski definition) is 1. The summed E-state index contributed by atoms with van der Waals surface area (Å²) in [5.41, 5.74) is 0. The van der Waals surface area contributed by atoms with Crippen LogP contribution in [0.15, 0.2) is 0 Å². The van der Waals surface area contributed by atoms with Crippen molar-refractivity contribution < 1.29 is 4.79 Å². The summed E-state index contributed by atoms with van der Waals surface area (Å²) in [5.74, 6) is 0. The van der Waals surface area contributed by atoms with E-state index in [1.165, 1.54) is 44.9 Å². The lowest BCUT2D eigenvalue weighted by Gasteiger charge is -2.27. The van der Waals surface area contributed by atoms with Crippen molar-refractivity contribution in [1.29, 1.82) is 0 Å². The van der Waals surface area contributed by atoms with Gasteiger partial charge in [-0.25, -0.2) is 4.79 Å². The fourth-order valence-electron chi connectivity index (χ4n) is 2.88. The number of nitrogens with one attached hydrogen (secondary N) is 1. The van der Waals surface area contributed by atoms with Crippen LogP contribution in [0.1, 0.15) is 84.5 Å². The summed E-state index contributed by atoms with van der Waals surface area (Å²) >= 11 is 0. The van der Waals surface area contributed by atoms with E-state index in [0.29, 0.717) is 6.04 Å². The predicted octanol–water partition coefficient (Wildman–Crippen LogP) is 4.71. The fourth-order valence-corrected chi connectivity index (χ4v) is 2.88. The Morgan fingerprint density at radius 3 is 1.95 bits per heavy atom. The maximum absolute atomic E-state index is 12.4. The molecule has 3 heteroatoms. The summed E-state index contributed by atoms with van der Waals surface area (Å²) in [5, 5.41) is 3.29. The van der Waals surface area contributed by atoms with Gasteiger partial charge in [0.15, 0.2) is 0 Å². The molecule has 2 amide bonds. The van der Waals surface area contributed by atoms with Crippen molar-refractivity contribution in [3.63, 3.8) is 0 Å². The van der Waals surface area contributed by atoms with Crippen molar-refractivity contribution in [1.82, 2.24) is 10.2 Å². The van der Waals surface area contributed by atoms with Gasteiger partial charge in [0, 0.05) is 19.1 Å². The van der Waals surface area contributed by atoms with E-state index >= 15 is 0 Å². The van der Waals surface area contributed by atoms with Crippen LogP contribution in [0.4, 0.5) is 4.79 Å². The second kappa shape index (κ2) is 11.0. The Bertz CT molecular complexity index is 239. The normalized spacial score (nSPS) is 17.3. The van der Waals surface area contributed by atoms with Crippen LogP contribution in [-0.4, -0.2) is 30.1 Å². The van der Waals surface area contributed by atoms with Gasteiger partial charge in [-0.2, -0.15) is 0 Å². The number of nitrogens with zero attached hydrogens (tertiary/aromatic N) is 1. The fraction of sp³-hybridized carbons (Fsp3) is 0.941. The molecule has 3 nitrogen and oxygen atoms in total. The second-order valence-electron chi connectivity index (χ2n) is 6.19. The molecule has 0 bridgehead atoms. The molecule has 0 radical (unpaired) electrons. The summed E-state index contributed by atoms with van der Waals surface area (Å²) in [6.07, 6.45) is 13.5. The largest absolute Gasteiger partial charge is 0.335 e. The van der Waals surface area contributed by atoms with E-state index < -0.39 is 0 Å². The van der Waals surface area contributed by atoms with Crippen LogP contribution in [0, 0.1) is 0 Å². The lowest BCUT2D eigenvalue weighted by atomic mass is 9.97. The molecule has 1 saturated carbocycles. The van der Waals surface area contributed by atoms with Gasteiger partial charge in [-0.15, -0.1) is 0 Å². The van der Waals surface area contributed by atoms with Gasteiger partial charge in [-0.05, 0) is 25.7 Å². The van der Waals surface area contributed by atoms with Gasteiger partial charge in [0.1, 0.15) is 0 Å². The van der Waals surface area contributed by atoms with Gasteiger partial charge in [0.2, 0.25) is 0 Å². The summed E-state index contributed by atoms with van der Waals surface area (Å²) < 4.78 is 0. The van der Waals surface area contributed by atoms with Crippen LogP contribution in [0.2, 0.25) is 0 Å². The summed E-state index contributed by atoms with van der Waals surface area (Å²) in [7, 11) is 0. The van der Waals surface area contributed by atoms with Crippen molar-refractivity contribution in [2.24, 2.45) is 0 Å². The molecule has 0 aromatic rings. The highest BCUT2D eigenvalue weighted by molar-refractivity contribution is 5.74. The van der Waals surface area contributed by atoms with Crippen molar-refractivity contribution in [3.05, 3.63) is 0 Å². The molecule has 118 valence electrons. The minimum Gasteiger partial charge on any atom is -0.335 e. The highest BCUT2D eigenvalue weighted by atomic mass is 16.2. The van der Waals surface area contributed by atoms with Crippen molar-refractivity contribution in [3.8, 4) is 0 Å². The summed E-state index contributed by atoms with van der Waals surface area (Å²) in [4.78, 5) is 14.5. The zero-order valence-electron chi connectivity index (χ0n) is 13.6. The molecule has 0 aromatic heterocycles. The topological polar surface area (TPSA) is 32.3 Å². The zero-order valence-corrected chi connectivity index (χ0v) is 13.6. The van der Waals surface area contributed by atoms with Gasteiger partial charge < -0.3 is 10.2 Å². The van der Waals surface area contributed by atoms with E-state index in [1.807, 2.05) is 4.90 Å². The first kappa shape index (κ1) is 17.3. The van der Waals surface area contributed by atoms with E-state index in [1.54, 1.807) is 0 Å². The zero-order chi connectivity index (χ0) is 14.6. The van der Waals surface area contributed by atoms with Crippen molar-refractivity contribution in [2.75, 3.05) is 13.1 Å². The molecule has 1 aliphatic carbocycles. The number of amides is 2. The lowest BCUT2D eigenvalue weighted by Crippen LogP contribution is -2.45. The molecule has 0 aliphatic heterocycles. The molecule has 1 fully saturated rings. The number of unbranched alkanes of at least 4 members (excludes halogenated alkanes) is 2. The molecule has 0 spiro atoms. The standard InChI is InChI=1S/C17H34N2O/c1-3-5-14-19(15-6-4-2)17(20)18-16-12-10-8-7-9-11-13-16/h16H,3-15H2,1-2H3,(H,18,20). The highest BCUT2D eigenvalue weighted by Gasteiger charge is 2.18. The lowest BCUT2D eigenvalue weighted by molar-refractivity contribution is 0.189. The van der Waals surface area contributed by atoms with Crippen LogP contribution in [0.25, 0.3) is 0 Å². The van der Waals surface area contributed by atoms with Gasteiger partial charge in [0.25, 0.3) is 0 Å². The van der Waals surface area contributed by atoms with Gasteiger partial charge in [-0.3, -0.25) is 0 Å². The van der Waals surface area contributed by atoms with Crippen LogP contribution in [0.3, 0.4) is 0 Å². The van der Waals surface area contributed by atoms with E-state index in [-0.39, 0.29) is 6.03 Å². The monoisotopic (exact) mass is 282 g/mol. The first-order chi connectivity index (χ1) is 9.77. The highest BCUT2D eigenvalue weighted by Crippen LogP contribution is 2.17. The average molecular weight is 282 g/mol. The molecule has 0 aromatic carbocycles. The van der Waals surface area contributed by atoms with Gasteiger partial charge in [0.05, 0.1) is 0 Å². The van der Waals surface area contributed by atoms with Crippen LogP contribution < -0.4 is 5.32 Å². The van der Waals surface area contributed by atoms with E-state index in [4.69, 9.17) is 0 Å². The number of carbonyl (C=O) groups excluding carboxylic acids is 1. The number of rotatable bonds is 7. The number of urea groups is 1. The molecule has 0 unspecified atom stereocenters. The molecule has 1 N–H and O–H groups in total. The van der Waals surface area contributed by atoms with E-state index in [0.717, 1.165) is 38.8 Å². The summed E-state index contributed by atoms with van der Waals surface area (Å²) in [6.45, 7) is 6.19. The number of hydrogen-bond donors (Lipinski definition) is 1. The molecule has 0 saturated heterocycles.